The van der Waals surface area contributed by atoms with E-state index in [0.717, 1.165) is 24.2 Å². The first-order valence-corrected chi connectivity index (χ1v) is 5.08. The van der Waals surface area contributed by atoms with Gasteiger partial charge in [0, 0.05) is 6.42 Å². The number of aliphatic hydroxyl groups is 1. The highest BCUT2D eigenvalue weighted by Crippen LogP contribution is 2.17. The molecule has 2 heteroatoms. The molecule has 0 fully saturated rings. The van der Waals surface area contributed by atoms with Crippen molar-refractivity contribution in [2.75, 3.05) is 6.61 Å². The fourth-order valence-corrected chi connectivity index (χ4v) is 1.21. The van der Waals surface area contributed by atoms with E-state index in [2.05, 4.69) is 5.92 Å². The summed E-state index contributed by atoms with van der Waals surface area (Å²) in [5.41, 5.74) is 0.894. The first-order chi connectivity index (χ1) is 7.24. The Labute approximate surface area is 90.9 Å². The molecule has 0 saturated heterocycles. The van der Waals surface area contributed by atoms with Gasteiger partial charge < -0.3 is 9.84 Å². The Morgan fingerprint density at radius 1 is 1.40 bits per heavy atom. The molecular formula is C13H16O2. The zero-order chi connectivity index (χ0) is 11.1. The summed E-state index contributed by atoms with van der Waals surface area (Å²) in [5, 5.41) is 9.30. The van der Waals surface area contributed by atoms with Gasteiger partial charge in [0.1, 0.15) is 5.75 Å². The predicted octanol–water partition coefficient (Wildman–Crippen LogP) is 2.53. The van der Waals surface area contributed by atoms with Crippen molar-refractivity contribution in [3.8, 4) is 18.1 Å². The number of terminal acetylenes is 1. The second-order valence-corrected chi connectivity index (χ2v) is 3.40. The van der Waals surface area contributed by atoms with Crippen LogP contribution in [0.25, 0.3) is 0 Å². The molecule has 0 aromatic heterocycles. The largest absolute Gasteiger partial charge is 0.494 e. The summed E-state index contributed by atoms with van der Waals surface area (Å²) in [6, 6.07) is 7.44. The highest BCUT2D eigenvalue weighted by Gasteiger charge is 2.00. The van der Waals surface area contributed by atoms with E-state index in [1.165, 1.54) is 0 Å². The molecule has 0 aliphatic heterocycles. The van der Waals surface area contributed by atoms with Gasteiger partial charge in [-0.15, -0.1) is 12.3 Å². The first kappa shape index (κ1) is 11.6. The molecule has 1 N–H and O–H groups in total. The van der Waals surface area contributed by atoms with Crippen LogP contribution in [0.3, 0.4) is 0 Å². The van der Waals surface area contributed by atoms with Gasteiger partial charge in [-0.1, -0.05) is 12.1 Å². The number of ether oxygens (including phenoxy) is 1. The van der Waals surface area contributed by atoms with E-state index in [9.17, 15) is 5.11 Å². The van der Waals surface area contributed by atoms with E-state index in [1.54, 1.807) is 6.92 Å². The monoisotopic (exact) mass is 204 g/mol. The topological polar surface area (TPSA) is 29.5 Å². The van der Waals surface area contributed by atoms with E-state index in [0.29, 0.717) is 6.61 Å². The molecule has 1 unspecified atom stereocenters. The molecule has 0 bridgehead atoms. The lowest BCUT2D eigenvalue weighted by Crippen LogP contribution is -1.97. The van der Waals surface area contributed by atoms with Gasteiger partial charge in [0.15, 0.2) is 0 Å². The zero-order valence-corrected chi connectivity index (χ0v) is 8.94. The normalized spacial score (nSPS) is 11.8. The van der Waals surface area contributed by atoms with Gasteiger partial charge in [0.05, 0.1) is 12.7 Å². The van der Waals surface area contributed by atoms with Crippen molar-refractivity contribution >= 4 is 0 Å². The fraction of sp³-hybridized carbons (Fsp3) is 0.385. The van der Waals surface area contributed by atoms with Crippen LogP contribution in [0.4, 0.5) is 0 Å². The van der Waals surface area contributed by atoms with Gasteiger partial charge in [-0.2, -0.15) is 0 Å². The highest BCUT2D eigenvalue weighted by atomic mass is 16.5. The Balaban J connectivity index is 2.40. The second kappa shape index (κ2) is 6.10. The van der Waals surface area contributed by atoms with E-state index in [-0.39, 0.29) is 0 Å². The van der Waals surface area contributed by atoms with Gasteiger partial charge in [-0.05, 0) is 31.0 Å². The van der Waals surface area contributed by atoms with Crippen LogP contribution in [0.1, 0.15) is 31.4 Å². The smallest absolute Gasteiger partial charge is 0.119 e. The summed E-state index contributed by atoms with van der Waals surface area (Å²) >= 11 is 0. The van der Waals surface area contributed by atoms with E-state index in [4.69, 9.17) is 11.2 Å². The van der Waals surface area contributed by atoms with Crippen LogP contribution >= 0.6 is 0 Å². The Morgan fingerprint density at radius 2 is 2.07 bits per heavy atom. The van der Waals surface area contributed by atoms with Gasteiger partial charge in [-0.25, -0.2) is 0 Å². The third-order valence-electron chi connectivity index (χ3n) is 2.10. The number of unbranched alkanes of at least 4 members (excludes halogenated alkanes) is 1. The van der Waals surface area contributed by atoms with Crippen molar-refractivity contribution in [3.05, 3.63) is 29.8 Å². The summed E-state index contributed by atoms with van der Waals surface area (Å²) < 4.78 is 5.47. The fourth-order valence-electron chi connectivity index (χ4n) is 1.21. The quantitative estimate of drug-likeness (QED) is 0.590. The molecule has 0 spiro atoms. The minimum Gasteiger partial charge on any atom is -0.494 e. The number of benzene rings is 1. The summed E-state index contributed by atoms with van der Waals surface area (Å²) in [5.74, 6) is 3.38. The Morgan fingerprint density at radius 3 is 2.60 bits per heavy atom. The van der Waals surface area contributed by atoms with Crippen LogP contribution in [0, 0.1) is 12.3 Å². The number of hydrogen-bond acceptors (Lipinski definition) is 2. The van der Waals surface area contributed by atoms with Crippen molar-refractivity contribution in [2.24, 2.45) is 0 Å². The van der Waals surface area contributed by atoms with Gasteiger partial charge in [0.25, 0.3) is 0 Å². The maximum atomic E-state index is 9.30. The first-order valence-electron chi connectivity index (χ1n) is 5.08. The molecule has 80 valence electrons. The Hall–Kier alpha value is -1.46. The van der Waals surface area contributed by atoms with Crippen LogP contribution in [-0.2, 0) is 0 Å². The molecule has 15 heavy (non-hydrogen) atoms. The van der Waals surface area contributed by atoms with Crippen molar-refractivity contribution in [3.63, 3.8) is 0 Å². The second-order valence-electron chi connectivity index (χ2n) is 3.40. The summed E-state index contributed by atoms with van der Waals surface area (Å²) in [6.07, 6.45) is 6.31. The summed E-state index contributed by atoms with van der Waals surface area (Å²) in [4.78, 5) is 0. The molecule has 0 aliphatic rings. The summed E-state index contributed by atoms with van der Waals surface area (Å²) in [7, 11) is 0. The Bertz CT molecular complexity index is 319. The van der Waals surface area contributed by atoms with Gasteiger partial charge >= 0.3 is 0 Å². The van der Waals surface area contributed by atoms with Crippen LogP contribution in [0.2, 0.25) is 0 Å². The van der Waals surface area contributed by atoms with Crippen molar-refractivity contribution in [2.45, 2.75) is 25.9 Å². The minimum absolute atomic E-state index is 0.430. The molecule has 0 radical (unpaired) electrons. The number of hydrogen-bond donors (Lipinski definition) is 1. The average molecular weight is 204 g/mol. The van der Waals surface area contributed by atoms with Crippen molar-refractivity contribution in [1.29, 1.82) is 0 Å². The molecule has 1 rings (SSSR count). The molecule has 0 saturated carbocycles. The Kier molecular flexibility index (Phi) is 4.73. The number of aliphatic hydroxyl groups excluding tert-OH is 1. The minimum atomic E-state index is -0.430. The maximum absolute atomic E-state index is 9.30. The highest BCUT2D eigenvalue weighted by molar-refractivity contribution is 5.28. The summed E-state index contributed by atoms with van der Waals surface area (Å²) in [6.45, 7) is 2.38. The third-order valence-corrected chi connectivity index (χ3v) is 2.10. The van der Waals surface area contributed by atoms with Crippen LogP contribution < -0.4 is 4.74 Å². The molecule has 1 atom stereocenters. The molecule has 0 heterocycles. The molecule has 1 aromatic rings. The lowest BCUT2D eigenvalue weighted by Gasteiger charge is -2.07. The lowest BCUT2D eigenvalue weighted by molar-refractivity contribution is 0.199. The standard InChI is InChI=1S/C13H16O2/c1-3-4-5-10-15-13-8-6-12(7-9-13)11(2)14/h1,6-9,11,14H,4-5,10H2,2H3. The van der Waals surface area contributed by atoms with Gasteiger partial charge in [-0.3, -0.25) is 0 Å². The van der Waals surface area contributed by atoms with Crippen molar-refractivity contribution in [1.82, 2.24) is 0 Å². The van der Waals surface area contributed by atoms with Gasteiger partial charge in [0.2, 0.25) is 0 Å². The molecule has 2 nitrogen and oxygen atoms in total. The van der Waals surface area contributed by atoms with E-state index in [1.807, 2.05) is 24.3 Å². The SMILES string of the molecule is C#CCCCOc1ccc(C(C)O)cc1. The average Bonchev–Trinajstić information content (AvgIpc) is 2.25. The third kappa shape index (κ3) is 4.05. The predicted molar refractivity (Wildman–Crippen MR) is 60.6 cm³/mol. The number of rotatable bonds is 5. The molecule has 0 aliphatic carbocycles. The van der Waals surface area contributed by atoms with E-state index < -0.39 is 6.10 Å². The van der Waals surface area contributed by atoms with Crippen molar-refractivity contribution < 1.29 is 9.84 Å². The van der Waals surface area contributed by atoms with E-state index >= 15 is 0 Å². The van der Waals surface area contributed by atoms with Crippen LogP contribution in [0.5, 0.6) is 5.75 Å². The molecule has 0 amide bonds. The maximum Gasteiger partial charge on any atom is 0.119 e. The van der Waals surface area contributed by atoms with Crippen LogP contribution in [-0.4, -0.2) is 11.7 Å². The molecule has 1 aromatic carbocycles. The zero-order valence-electron chi connectivity index (χ0n) is 8.94. The van der Waals surface area contributed by atoms with Crippen LogP contribution in [0.15, 0.2) is 24.3 Å². The molecular weight excluding hydrogens is 188 g/mol. The lowest BCUT2D eigenvalue weighted by atomic mass is 10.1.